The lowest BCUT2D eigenvalue weighted by molar-refractivity contribution is 0.0686. The molecule has 1 aliphatic heterocycles. The predicted octanol–water partition coefficient (Wildman–Crippen LogP) is 4.52. The highest BCUT2D eigenvalue weighted by Gasteiger charge is 2.27. The van der Waals surface area contributed by atoms with Crippen molar-refractivity contribution in [3.8, 4) is 17.2 Å². The van der Waals surface area contributed by atoms with Crippen molar-refractivity contribution in [3.05, 3.63) is 58.9 Å². The molecule has 0 saturated carbocycles. The van der Waals surface area contributed by atoms with Gasteiger partial charge < -0.3 is 18.6 Å². The van der Waals surface area contributed by atoms with Crippen LogP contribution in [0.4, 0.5) is 0 Å². The summed E-state index contributed by atoms with van der Waals surface area (Å²) in [5.74, 6) is 3.33. The predicted molar refractivity (Wildman–Crippen MR) is 100.0 cm³/mol. The summed E-state index contributed by atoms with van der Waals surface area (Å²) in [6.45, 7) is 0.880. The molecular formula is C18H15BrN2O4S. The van der Waals surface area contributed by atoms with Gasteiger partial charge in [-0.1, -0.05) is 45.9 Å². The minimum atomic E-state index is -0.398. The number of hydrogen-bond donors (Lipinski definition) is 0. The molecule has 0 N–H and O–H groups in total. The highest BCUT2D eigenvalue weighted by atomic mass is 79.9. The molecule has 0 aliphatic carbocycles. The molecule has 2 heterocycles. The molecule has 8 heteroatoms. The van der Waals surface area contributed by atoms with E-state index in [-0.39, 0.29) is 0 Å². The van der Waals surface area contributed by atoms with Gasteiger partial charge in [0.1, 0.15) is 12.4 Å². The van der Waals surface area contributed by atoms with E-state index in [0.717, 1.165) is 16.0 Å². The van der Waals surface area contributed by atoms with Gasteiger partial charge in [-0.15, -0.1) is 10.2 Å². The van der Waals surface area contributed by atoms with Crippen molar-refractivity contribution >= 4 is 27.7 Å². The largest absolute Gasteiger partial charge is 0.493 e. The lowest BCUT2D eigenvalue weighted by atomic mass is 10.2. The van der Waals surface area contributed by atoms with Crippen LogP contribution in [0.15, 0.2) is 62.6 Å². The molecular weight excluding hydrogens is 420 g/mol. The summed E-state index contributed by atoms with van der Waals surface area (Å²) >= 11 is 4.86. The maximum Gasteiger partial charge on any atom is 0.276 e. The molecule has 0 saturated heterocycles. The standard InChI is InChI=1S/C18H15BrN2O4S/c19-12-4-3-5-13(10-12)22-8-9-26-18-21-20-17(25-18)16-11-23-14-6-1-2-7-15(14)24-16/h1-7,10,16H,8-9,11H2/t16-/m1/s1. The van der Waals surface area contributed by atoms with Crippen molar-refractivity contribution in [1.29, 1.82) is 0 Å². The number of rotatable bonds is 6. The number of nitrogens with zero attached hydrogens (tertiary/aromatic N) is 2. The van der Waals surface area contributed by atoms with Crippen LogP contribution in [0.3, 0.4) is 0 Å². The summed E-state index contributed by atoms with van der Waals surface area (Å²) in [7, 11) is 0. The number of thioether (sulfide) groups is 1. The van der Waals surface area contributed by atoms with Crippen LogP contribution in [0, 0.1) is 0 Å². The first kappa shape index (κ1) is 17.2. The molecule has 3 aromatic rings. The van der Waals surface area contributed by atoms with Gasteiger partial charge in [0.25, 0.3) is 11.1 Å². The van der Waals surface area contributed by atoms with E-state index < -0.39 is 6.10 Å². The molecule has 26 heavy (non-hydrogen) atoms. The molecule has 6 nitrogen and oxygen atoms in total. The first-order chi connectivity index (χ1) is 12.8. The molecule has 0 unspecified atom stereocenters. The van der Waals surface area contributed by atoms with Crippen LogP contribution in [-0.4, -0.2) is 29.2 Å². The second-order valence-corrected chi connectivity index (χ2v) is 7.39. The minimum Gasteiger partial charge on any atom is -0.493 e. The fourth-order valence-electron chi connectivity index (χ4n) is 2.40. The lowest BCUT2D eigenvalue weighted by Gasteiger charge is -2.23. The first-order valence-electron chi connectivity index (χ1n) is 8.01. The number of aromatic nitrogens is 2. The smallest absolute Gasteiger partial charge is 0.276 e. The average Bonchev–Trinajstić information content (AvgIpc) is 3.14. The molecule has 1 aliphatic rings. The topological polar surface area (TPSA) is 66.6 Å². The lowest BCUT2D eigenvalue weighted by Crippen LogP contribution is -2.21. The third-order valence-electron chi connectivity index (χ3n) is 3.58. The zero-order valence-corrected chi connectivity index (χ0v) is 16.0. The van der Waals surface area contributed by atoms with Gasteiger partial charge in [0, 0.05) is 10.2 Å². The summed E-state index contributed by atoms with van der Waals surface area (Å²) in [5.41, 5.74) is 0. The van der Waals surface area contributed by atoms with Crippen molar-refractivity contribution in [2.45, 2.75) is 11.3 Å². The van der Waals surface area contributed by atoms with E-state index in [9.17, 15) is 0 Å². The highest BCUT2D eigenvalue weighted by Crippen LogP contribution is 2.35. The second-order valence-electron chi connectivity index (χ2n) is 5.42. The number of benzene rings is 2. The van der Waals surface area contributed by atoms with Gasteiger partial charge >= 0.3 is 0 Å². The maximum atomic E-state index is 5.87. The Labute approximate surface area is 163 Å². The van der Waals surface area contributed by atoms with E-state index in [4.69, 9.17) is 18.6 Å². The average molecular weight is 435 g/mol. The highest BCUT2D eigenvalue weighted by molar-refractivity contribution is 9.10. The van der Waals surface area contributed by atoms with Gasteiger partial charge in [0.2, 0.25) is 6.10 Å². The summed E-state index contributed by atoms with van der Waals surface area (Å²) in [4.78, 5) is 0. The molecule has 2 aromatic carbocycles. The van der Waals surface area contributed by atoms with E-state index in [2.05, 4.69) is 26.1 Å². The summed E-state index contributed by atoms with van der Waals surface area (Å²) in [6, 6.07) is 15.2. The van der Waals surface area contributed by atoms with Gasteiger partial charge in [0.05, 0.1) is 6.61 Å². The molecule has 0 spiro atoms. The Bertz CT molecular complexity index is 889. The van der Waals surface area contributed by atoms with Gasteiger partial charge in [-0.3, -0.25) is 0 Å². The van der Waals surface area contributed by atoms with Crippen molar-refractivity contribution in [3.63, 3.8) is 0 Å². The quantitative estimate of drug-likeness (QED) is 0.417. The molecule has 1 aromatic heterocycles. The molecule has 1 atom stereocenters. The molecule has 4 rings (SSSR count). The fourth-order valence-corrected chi connectivity index (χ4v) is 3.36. The number of fused-ring (bicyclic) bond motifs is 1. The SMILES string of the molecule is Brc1cccc(OCCSc2nnc([C@H]3COc4ccccc4O3)o2)c1. The van der Waals surface area contributed by atoms with Crippen LogP contribution >= 0.6 is 27.7 Å². The molecule has 0 amide bonds. The summed E-state index contributed by atoms with van der Waals surface area (Å²) in [5, 5.41) is 8.61. The molecule has 0 radical (unpaired) electrons. The Morgan fingerprint density at radius 3 is 2.88 bits per heavy atom. The summed E-state index contributed by atoms with van der Waals surface area (Å²) in [6.07, 6.45) is -0.398. The van der Waals surface area contributed by atoms with Crippen molar-refractivity contribution in [1.82, 2.24) is 10.2 Å². The number of ether oxygens (including phenoxy) is 3. The van der Waals surface area contributed by atoms with Crippen molar-refractivity contribution in [2.75, 3.05) is 19.0 Å². The van der Waals surface area contributed by atoms with Crippen LogP contribution in [0.25, 0.3) is 0 Å². The van der Waals surface area contributed by atoms with E-state index >= 15 is 0 Å². The Hall–Kier alpha value is -2.19. The van der Waals surface area contributed by atoms with Gasteiger partial charge in [0.15, 0.2) is 11.5 Å². The normalized spacial score (nSPS) is 15.7. The molecule has 134 valence electrons. The van der Waals surface area contributed by atoms with E-state index in [0.29, 0.717) is 35.8 Å². The van der Waals surface area contributed by atoms with Crippen LogP contribution in [0.5, 0.6) is 17.2 Å². The van der Waals surface area contributed by atoms with Gasteiger partial charge in [-0.05, 0) is 30.3 Å². The zero-order valence-electron chi connectivity index (χ0n) is 13.6. The van der Waals surface area contributed by atoms with Gasteiger partial charge in [-0.25, -0.2) is 0 Å². The van der Waals surface area contributed by atoms with Crippen LogP contribution in [0.1, 0.15) is 12.0 Å². The third-order valence-corrected chi connectivity index (χ3v) is 4.86. The number of hydrogen-bond acceptors (Lipinski definition) is 7. The Morgan fingerprint density at radius 2 is 2.00 bits per heavy atom. The maximum absolute atomic E-state index is 5.87. The second kappa shape index (κ2) is 8.01. The monoisotopic (exact) mass is 434 g/mol. The van der Waals surface area contributed by atoms with Gasteiger partial charge in [-0.2, -0.15) is 0 Å². The first-order valence-corrected chi connectivity index (χ1v) is 9.79. The number of halogens is 1. The summed E-state index contributed by atoms with van der Waals surface area (Å²) < 4.78 is 23.9. The van der Waals surface area contributed by atoms with Crippen LogP contribution in [0.2, 0.25) is 0 Å². The Kier molecular flexibility index (Phi) is 5.31. The molecule has 0 bridgehead atoms. The number of para-hydroxylation sites is 2. The Balaban J connectivity index is 1.28. The Morgan fingerprint density at radius 1 is 1.12 bits per heavy atom. The van der Waals surface area contributed by atoms with Crippen molar-refractivity contribution in [2.24, 2.45) is 0 Å². The van der Waals surface area contributed by atoms with Crippen LogP contribution in [-0.2, 0) is 0 Å². The fraction of sp³-hybridized carbons (Fsp3) is 0.222. The van der Waals surface area contributed by atoms with Crippen molar-refractivity contribution < 1.29 is 18.6 Å². The molecule has 0 fully saturated rings. The van der Waals surface area contributed by atoms with E-state index in [1.165, 1.54) is 11.8 Å². The van der Waals surface area contributed by atoms with Crippen LogP contribution < -0.4 is 14.2 Å². The minimum absolute atomic E-state index is 0.343. The third kappa shape index (κ3) is 4.13. The van der Waals surface area contributed by atoms with E-state index in [1.807, 2.05) is 48.5 Å². The van der Waals surface area contributed by atoms with E-state index in [1.54, 1.807) is 0 Å². The zero-order chi connectivity index (χ0) is 17.8.